The van der Waals surface area contributed by atoms with Gasteiger partial charge in [0.1, 0.15) is 5.41 Å². The molecule has 0 radical (unpaired) electrons. The van der Waals surface area contributed by atoms with Crippen LogP contribution < -0.4 is 5.32 Å². The Hall–Kier alpha value is -1.94. The Labute approximate surface area is 140 Å². The molecule has 1 saturated heterocycles. The molecule has 3 fully saturated rings. The first-order valence-electron chi connectivity index (χ1n) is 8.95. The van der Waals surface area contributed by atoms with Crippen molar-refractivity contribution in [1.82, 2.24) is 4.90 Å². The summed E-state index contributed by atoms with van der Waals surface area (Å²) >= 11 is 0. The SMILES string of the molecule is C[C@@H]1C(=O)[C@]23C[C@]14C=CCN1CC[C@@]2(c2ccccc2NC3=O)[C@@H]14. The number of carbonyl (C=O) groups is 2. The van der Waals surface area contributed by atoms with Gasteiger partial charge in [-0.2, -0.15) is 0 Å². The molecule has 24 heavy (non-hydrogen) atoms. The van der Waals surface area contributed by atoms with Gasteiger partial charge in [0, 0.05) is 35.0 Å². The van der Waals surface area contributed by atoms with Gasteiger partial charge >= 0.3 is 0 Å². The molecule has 5 atom stereocenters. The third kappa shape index (κ3) is 1.01. The summed E-state index contributed by atoms with van der Waals surface area (Å²) in [6, 6.07) is 8.42. The Balaban J connectivity index is 1.76. The maximum absolute atomic E-state index is 13.5. The second-order valence-electron chi connectivity index (χ2n) is 8.30. The molecule has 2 saturated carbocycles. The van der Waals surface area contributed by atoms with E-state index in [2.05, 4.69) is 28.4 Å². The second-order valence-corrected chi connectivity index (χ2v) is 8.30. The average Bonchev–Trinajstić information content (AvgIpc) is 3.18. The van der Waals surface area contributed by atoms with Crippen LogP contribution in [-0.2, 0) is 15.0 Å². The predicted molar refractivity (Wildman–Crippen MR) is 89.5 cm³/mol. The lowest BCUT2D eigenvalue weighted by molar-refractivity contribution is -0.146. The van der Waals surface area contributed by atoms with E-state index < -0.39 is 5.41 Å². The normalized spacial score (nSPS) is 47.4. The van der Waals surface area contributed by atoms with Crippen LogP contribution in [0.3, 0.4) is 0 Å². The summed E-state index contributed by atoms with van der Waals surface area (Å²) in [5.74, 6) is 0.0301. The molecular formula is C20H20N2O2. The molecule has 1 aromatic carbocycles. The number of anilines is 1. The van der Waals surface area contributed by atoms with Gasteiger partial charge in [-0.05, 0) is 31.0 Å². The number of hydrogen-bond donors (Lipinski definition) is 1. The van der Waals surface area contributed by atoms with Crippen LogP contribution in [0.15, 0.2) is 36.4 Å². The van der Waals surface area contributed by atoms with Gasteiger partial charge in [0.25, 0.3) is 0 Å². The standard InChI is InChI=1S/C20H20N2O2/c1-12-15(23)20-11-18(12)7-4-9-22-10-8-19(20,16(18)22)13-5-2-3-6-14(13)21-17(20)24/h2-7,12,16H,8-11H2,1H3,(H,21,24)/t12-,16+,18-,19-,20+/m1/s1. The summed E-state index contributed by atoms with van der Waals surface area (Å²) in [5, 5.41) is 3.08. The smallest absolute Gasteiger partial charge is 0.239 e. The number of nitrogens with zero attached hydrogens (tertiary/aromatic N) is 1. The van der Waals surface area contributed by atoms with Crippen molar-refractivity contribution in [2.24, 2.45) is 16.7 Å². The van der Waals surface area contributed by atoms with Crippen LogP contribution in [0.4, 0.5) is 5.69 Å². The van der Waals surface area contributed by atoms with E-state index in [1.165, 1.54) is 5.56 Å². The minimum absolute atomic E-state index is 0.0559. The lowest BCUT2D eigenvalue weighted by Crippen LogP contribution is -2.65. The molecule has 6 rings (SSSR count). The van der Waals surface area contributed by atoms with Gasteiger partial charge < -0.3 is 5.32 Å². The first-order chi connectivity index (χ1) is 11.6. The van der Waals surface area contributed by atoms with Crippen molar-refractivity contribution >= 4 is 17.4 Å². The molecule has 1 N–H and O–H groups in total. The number of fused-ring (bicyclic) bond motifs is 1. The topological polar surface area (TPSA) is 49.4 Å². The van der Waals surface area contributed by atoms with Crippen LogP contribution in [0.25, 0.3) is 0 Å². The van der Waals surface area contributed by atoms with Crippen LogP contribution >= 0.6 is 0 Å². The van der Waals surface area contributed by atoms with Crippen LogP contribution in [0.2, 0.25) is 0 Å². The molecule has 4 nitrogen and oxygen atoms in total. The van der Waals surface area contributed by atoms with Gasteiger partial charge in [-0.1, -0.05) is 37.3 Å². The molecule has 1 amide bonds. The minimum atomic E-state index is -0.880. The van der Waals surface area contributed by atoms with Gasteiger partial charge in [0.2, 0.25) is 5.91 Å². The van der Waals surface area contributed by atoms with E-state index in [1.54, 1.807) is 0 Å². The Bertz CT molecular complexity index is 861. The highest BCUT2D eigenvalue weighted by atomic mass is 16.2. The highest BCUT2D eigenvalue weighted by molar-refractivity contribution is 6.18. The zero-order valence-corrected chi connectivity index (χ0v) is 13.7. The van der Waals surface area contributed by atoms with Crippen molar-refractivity contribution in [3.8, 4) is 0 Å². The van der Waals surface area contributed by atoms with Gasteiger partial charge in [-0.25, -0.2) is 0 Å². The minimum Gasteiger partial charge on any atom is -0.325 e. The molecule has 3 aliphatic heterocycles. The number of Topliss-reactive ketones (excluding diaryl/α,β-unsaturated/α-hetero) is 1. The number of hydrogen-bond acceptors (Lipinski definition) is 3. The van der Waals surface area contributed by atoms with Crippen molar-refractivity contribution in [3.63, 3.8) is 0 Å². The molecule has 0 aromatic heterocycles. The average molecular weight is 320 g/mol. The van der Waals surface area contributed by atoms with Gasteiger partial charge in [0.05, 0.1) is 0 Å². The van der Waals surface area contributed by atoms with E-state index in [1.807, 2.05) is 25.1 Å². The molecular weight excluding hydrogens is 300 g/mol. The largest absolute Gasteiger partial charge is 0.325 e. The van der Waals surface area contributed by atoms with Crippen LogP contribution in [0.1, 0.15) is 25.3 Å². The maximum atomic E-state index is 13.5. The van der Waals surface area contributed by atoms with E-state index >= 15 is 0 Å². The van der Waals surface area contributed by atoms with E-state index in [0.29, 0.717) is 6.42 Å². The quantitative estimate of drug-likeness (QED) is 0.588. The molecule has 1 aromatic rings. The summed E-state index contributed by atoms with van der Waals surface area (Å²) in [7, 11) is 0. The van der Waals surface area contributed by atoms with Gasteiger partial charge in [-0.15, -0.1) is 0 Å². The van der Waals surface area contributed by atoms with Crippen molar-refractivity contribution in [2.45, 2.75) is 31.2 Å². The van der Waals surface area contributed by atoms with Crippen molar-refractivity contribution in [1.29, 1.82) is 0 Å². The Morgan fingerprint density at radius 2 is 2.08 bits per heavy atom. The summed E-state index contributed by atoms with van der Waals surface area (Å²) in [6.07, 6.45) is 6.09. The number of para-hydroxylation sites is 1. The first kappa shape index (κ1) is 13.4. The van der Waals surface area contributed by atoms with Gasteiger partial charge in [0.15, 0.2) is 5.78 Å². The fraction of sp³-hybridized carbons (Fsp3) is 0.500. The highest BCUT2D eigenvalue weighted by Crippen LogP contribution is 2.77. The van der Waals surface area contributed by atoms with Crippen molar-refractivity contribution in [2.75, 3.05) is 18.4 Å². The molecule has 3 heterocycles. The third-order valence-corrected chi connectivity index (χ3v) is 7.90. The van der Waals surface area contributed by atoms with Crippen LogP contribution in [-0.4, -0.2) is 35.7 Å². The Kier molecular flexibility index (Phi) is 2.04. The predicted octanol–water partition coefficient (Wildman–Crippen LogP) is 2.12. The Morgan fingerprint density at radius 1 is 1.25 bits per heavy atom. The number of carbonyl (C=O) groups excluding carboxylic acids is 2. The van der Waals surface area contributed by atoms with E-state index in [9.17, 15) is 9.59 Å². The number of ketones is 1. The number of amides is 1. The third-order valence-electron chi connectivity index (χ3n) is 7.90. The molecule has 2 bridgehead atoms. The van der Waals surface area contributed by atoms with E-state index in [4.69, 9.17) is 0 Å². The summed E-state index contributed by atoms with van der Waals surface area (Å²) in [5.41, 5.74) is 0.692. The summed E-state index contributed by atoms with van der Waals surface area (Å²) < 4.78 is 0. The van der Waals surface area contributed by atoms with Crippen LogP contribution in [0.5, 0.6) is 0 Å². The number of benzene rings is 1. The fourth-order valence-electron chi connectivity index (χ4n) is 7.18. The zero-order valence-electron chi connectivity index (χ0n) is 13.7. The summed E-state index contributed by atoms with van der Waals surface area (Å²) in [6.45, 7) is 3.95. The first-order valence-corrected chi connectivity index (χ1v) is 8.95. The molecule has 4 heteroatoms. The lowest BCUT2D eigenvalue weighted by Gasteiger charge is -2.54. The zero-order chi connectivity index (χ0) is 16.3. The maximum Gasteiger partial charge on any atom is 0.239 e. The second kappa shape index (κ2) is 3.67. The van der Waals surface area contributed by atoms with Crippen molar-refractivity contribution in [3.05, 3.63) is 42.0 Å². The summed E-state index contributed by atoms with van der Waals surface area (Å²) in [4.78, 5) is 29.3. The number of nitrogens with one attached hydrogen (secondary N) is 1. The van der Waals surface area contributed by atoms with Crippen molar-refractivity contribution < 1.29 is 9.59 Å². The molecule has 0 unspecified atom stereocenters. The van der Waals surface area contributed by atoms with Gasteiger partial charge in [-0.3, -0.25) is 14.5 Å². The monoisotopic (exact) mass is 320 g/mol. The molecule has 122 valence electrons. The Morgan fingerprint density at radius 3 is 2.96 bits per heavy atom. The lowest BCUT2D eigenvalue weighted by atomic mass is 9.51. The van der Waals surface area contributed by atoms with E-state index in [0.717, 1.165) is 25.2 Å². The highest BCUT2D eigenvalue weighted by Gasteiger charge is 2.85. The molecule has 2 aliphatic carbocycles. The molecule has 3 spiro atoms. The molecule has 5 aliphatic rings. The fourth-order valence-corrected chi connectivity index (χ4v) is 7.18. The number of rotatable bonds is 0. The van der Waals surface area contributed by atoms with Crippen LogP contribution in [0, 0.1) is 16.7 Å². The van der Waals surface area contributed by atoms with E-state index in [-0.39, 0.29) is 34.5 Å².